The molecular weight excluding hydrogens is 374 g/mol. The highest BCUT2D eigenvalue weighted by Gasteiger charge is 2.31. The second kappa shape index (κ2) is 10.3. The summed E-state index contributed by atoms with van der Waals surface area (Å²) < 4.78 is 26.3. The first-order valence-corrected chi connectivity index (χ1v) is 10.4. The van der Waals surface area contributed by atoms with Crippen molar-refractivity contribution in [1.82, 2.24) is 9.62 Å². The lowest BCUT2D eigenvalue weighted by molar-refractivity contribution is -0.121. The van der Waals surface area contributed by atoms with Gasteiger partial charge in [0.2, 0.25) is 15.9 Å². The maximum atomic E-state index is 12.4. The Bertz CT molecular complexity index is 671. The van der Waals surface area contributed by atoms with Gasteiger partial charge < -0.3 is 11.1 Å². The minimum absolute atomic E-state index is 0. The van der Waals surface area contributed by atoms with E-state index in [0.717, 1.165) is 18.4 Å². The Morgan fingerprint density at radius 2 is 1.81 bits per heavy atom. The Labute approximate surface area is 163 Å². The summed E-state index contributed by atoms with van der Waals surface area (Å²) in [7, 11) is -3.43. The van der Waals surface area contributed by atoms with Crippen molar-refractivity contribution < 1.29 is 13.2 Å². The molecule has 6 nitrogen and oxygen atoms in total. The first-order valence-electron chi connectivity index (χ1n) is 9.00. The number of hydrogen-bond donors (Lipinski definition) is 2. The summed E-state index contributed by atoms with van der Waals surface area (Å²) >= 11 is 0. The van der Waals surface area contributed by atoms with Crippen LogP contribution in [0.4, 0.5) is 0 Å². The van der Waals surface area contributed by atoms with Gasteiger partial charge in [-0.25, -0.2) is 8.42 Å². The van der Waals surface area contributed by atoms with Crippen LogP contribution in [0.1, 0.15) is 38.7 Å². The van der Waals surface area contributed by atoms with Crippen molar-refractivity contribution in [2.75, 3.05) is 19.6 Å². The molecular formula is C18H30ClN3O3S. The normalized spacial score (nSPS) is 15.4. The van der Waals surface area contributed by atoms with Crippen molar-refractivity contribution >= 4 is 28.3 Å². The predicted molar refractivity (Wildman–Crippen MR) is 106 cm³/mol. The van der Waals surface area contributed by atoms with Crippen molar-refractivity contribution in [2.24, 2.45) is 11.7 Å². The minimum Gasteiger partial charge on any atom is -0.352 e. The van der Waals surface area contributed by atoms with Gasteiger partial charge in [-0.3, -0.25) is 4.79 Å². The third-order valence-electron chi connectivity index (χ3n) is 4.70. The van der Waals surface area contributed by atoms with Crippen LogP contribution in [-0.4, -0.2) is 44.3 Å². The van der Waals surface area contributed by atoms with Crippen LogP contribution in [0.25, 0.3) is 0 Å². The molecule has 1 amide bonds. The molecule has 1 aliphatic carbocycles. The molecule has 2 rings (SSSR count). The SMILES string of the molecule is CCN(CC)S(=O)(=O)c1ccc(CCC(=O)NC(CN)C2CC2)cc1.Cl. The number of carbonyl (C=O) groups excluding carboxylic acids is 1. The highest BCUT2D eigenvalue weighted by atomic mass is 35.5. The number of halogens is 1. The quantitative estimate of drug-likeness (QED) is 0.624. The fourth-order valence-electron chi connectivity index (χ4n) is 2.95. The molecule has 0 radical (unpaired) electrons. The molecule has 1 unspecified atom stereocenters. The Morgan fingerprint density at radius 1 is 1.23 bits per heavy atom. The van der Waals surface area contributed by atoms with E-state index in [0.29, 0.717) is 43.3 Å². The molecule has 1 atom stereocenters. The molecule has 1 fully saturated rings. The Hall–Kier alpha value is -1.15. The standard InChI is InChI=1S/C18H29N3O3S.ClH/c1-3-21(4-2)25(23,24)16-10-5-14(6-11-16)7-12-18(22)20-17(13-19)15-8-9-15;/h5-6,10-11,15,17H,3-4,7-9,12-13,19H2,1-2H3,(H,20,22);1H. The van der Waals surface area contributed by atoms with E-state index in [-0.39, 0.29) is 24.4 Å². The second-order valence-corrected chi connectivity index (χ2v) is 8.42. The maximum absolute atomic E-state index is 12.4. The molecule has 1 aromatic rings. The number of hydrogen-bond acceptors (Lipinski definition) is 4. The van der Waals surface area contributed by atoms with Crippen LogP contribution < -0.4 is 11.1 Å². The Kier molecular flexibility index (Phi) is 9.03. The number of benzene rings is 1. The van der Waals surface area contributed by atoms with Crippen molar-refractivity contribution in [1.29, 1.82) is 0 Å². The third-order valence-corrected chi connectivity index (χ3v) is 6.76. The monoisotopic (exact) mass is 403 g/mol. The van der Waals surface area contributed by atoms with Gasteiger partial charge >= 0.3 is 0 Å². The molecule has 0 aromatic heterocycles. The van der Waals surface area contributed by atoms with E-state index in [1.54, 1.807) is 24.3 Å². The zero-order valence-electron chi connectivity index (χ0n) is 15.5. The molecule has 8 heteroatoms. The molecule has 1 aliphatic rings. The third kappa shape index (κ3) is 5.94. The number of carbonyl (C=O) groups is 1. The number of amides is 1. The summed E-state index contributed by atoms with van der Waals surface area (Å²) in [5.74, 6) is 0.542. The maximum Gasteiger partial charge on any atom is 0.243 e. The van der Waals surface area contributed by atoms with Crippen LogP contribution >= 0.6 is 12.4 Å². The number of nitrogens with two attached hydrogens (primary N) is 1. The van der Waals surface area contributed by atoms with Crippen molar-refractivity contribution in [2.45, 2.75) is 50.5 Å². The van der Waals surface area contributed by atoms with Crippen LogP contribution in [0, 0.1) is 5.92 Å². The van der Waals surface area contributed by atoms with Crippen molar-refractivity contribution in [3.05, 3.63) is 29.8 Å². The number of rotatable bonds is 10. The summed E-state index contributed by atoms with van der Waals surface area (Å²) in [6.07, 6.45) is 3.25. The van der Waals surface area contributed by atoms with Gasteiger partial charge in [-0.05, 0) is 42.9 Å². The molecule has 1 saturated carbocycles. The molecule has 0 saturated heterocycles. The van der Waals surface area contributed by atoms with E-state index in [2.05, 4.69) is 5.32 Å². The topological polar surface area (TPSA) is 92.5 Å². The van der Waals surface area contributed by atoms with Gasteiger partial charge in [0.25, 0.3) is 0 Å². The molecule has 3 N–H and O–H groups in total. The van der Waals surface area contributed by atoms with Crippen LogP contribution in [0.15, 0.2) is 29.2 Å². The summed E-state index contributed by atoms with van der Waals surface area (Å²) in [6.45, 7) is 5.02. The zero-order valence-corrected chi connectivity index (χ0v) is 17.1. The van der Waals surface area contributed by atoms with Crippen LogP contribution in [-0.2, 0) is 21.2 Å². The smallest absolute Gasteiger partial charge is 0.243 e. The van der Waals surface area contributed by atoms with Gasteiger partial charge in [0.05, 0.1) is 4.90 Å². The highest BCUT2D eigenvalue weighted by molar-refractivity contribution is 7.89. The van der Waals surface area contributed by atoms with Gasteiger partial charge in [-0.2, -0.15) is 4.31 Å². The minimum atomic E-state index is -3.43. The second-order valence-electron chi connectivity index (χ2n) is 6.48. The summed E-state index contributed by atoms with van der Waals surface area (Å²) in [6, 6.07) is 6.89. The van der Waals surface area contributed by atoms with E-state index in [9.17, 15) is 13.2 Å². The van der Waals surface area contributed by atoms with Gasteiger partial charge in [-0.1, -0.05) is 26.0 Å². The van der Waals surface area contributed by atoms with E-state index < -0.39 is 10.0 Å². The number of nitrogens with one attached hydrogen (secondary N) is 1. The average Bonchev–Trinajstić information content (AvgIpc) is 3.44. The van der Waals surface area contributed by atoms with E-state index in [1.165, 1.54) is 4.31 Å². The summed E-state index contributed by atoms with van der Waals surface area (Å²) in [4.78, 5) is 12.3. The Morgan fingerprint density at radius 3 is 2.27 bits per heavy atom. The van der Waals surface area contributed by atoms with Crippen molar-refractivity contribution in [3.63, 3.8) is 0 Å². The molecule has 0 heterocycles. The van der Waals surface area contributed by atoms with Crippen molar-refractivity contribution in [3.8, 4) is 0 Å². The largest absolute Gasteiger partial charge is 0.352 e. The van der Waals surface area contributed by atoms with E-state index in [4.69, 9.17) is 5.73 Å². The first kappa shape index (κ1) is 22.9. The van der Waals surface area contributed by atoms with E-state index in [1.807, 2.05) is 13.8 Å². The Balaban J connectivity index is 0.00000338. The highest BCUT2D eigenvalue weighted by Crippen LogP contribution is 2.32. The number of aryl methyl sites for hydroxylation is 1. The van der Waals surface area contributed by atoms with E-state index >= 15 is 0 Å². The lowest BCUT2D eigenvalue weighted by atomic mass is 10.1. The van der Waals surface area contributed by atoms with Crippen LogP contribution in [0.5, 0.6) is 0 Å². The molecule has 0 bridgehead atoms. The van der Waals surface area contributed by atoms with Gasteiger partial charge in [0.1, 0.15) is 0 Å². The fraction of sp³-hybridized carbons (Fsp3) is 0.611. The first-order chi connectivity index (χ1) is 11.9. The lowest BCUT2D eigenvalue weighted by Gasteiger charge is -2.18. The van der Waals surface area contributed by atoms with Gasteiger partial charge in [-0.15, -0.1) is 12.4 Å². The molecule has 0 spiro atoms. The summed E-state index contributed by atoms with van der Waals surface area (Å²) in [5.41, 5.74) is 6.65. The summed E-state index contributed by atoms with van der Waals surface area (Å²) in [5, 5.41) is 3.00. The predicted octanol–water partition coefficient (Wildman–Crippen LogP) is 1.93. The average molecular weight is 404 g/mol. The number of sulfonamides is 1. The lowest BCUT2D eigenvalue weighted by Crippen LogP contribution is -2.41. The molecule has 0 aliphatic heterocycles. The zero-order chi connectivity index (χ0) is 18.4. The van der Waals surface area contributed by atoms with Gasteiger partial charge in [0, 0.05) is 32.1 Å². The van der Waals surface area contributed by atoms with Crippen LogP contribution in [0.2, 0.25) is 0 Å². The molecule has 148 valence electrons. The van der Waals surface area contributed by atoms with Crippen LogP contribution in [0.3, 0.4) is 0 Å². The molecule has 1 aromatic carbocycles. The van der Waals surface area contributed by atoms with Gasteiger partial charge in [0.15, 0.2) is 0 Å². The fourth-order valence-corrected chi connectivity index (χ4v) is 4.40. The number of nitrogens with zero attached hydrogens (tertiary/aromatic N) is 1. The molecule has 26 heavy (non-hydrogen) atoms.